The Morgan fingerprint density at radius 3 is 2.89 bits per heavy atom. The summed E-state index contributed by atoms with van der Waals surface area (Å²) in [6.07, 6.45) is 3.81. The highest BCUT2D eigenvalue weighted by Crippen LogP contribution is 2.08. The molecule has 3 N–H and O–H groups in total. The average Bonchev–Trinajstić information content (AvgIpc) is 2.75. The summed E-state index contributed by atoms with van der Waals surface area (Å²) < 4.78 is 6.99. The first-order valence-electron chi connectivity index (χ1n) is 6.37. The molecule has 1 aromatic heterocycles. The van der Waals surface area contributed by atoms with Crippen LogP contribution in [0.5, 0.6) is 0 Å². The summed E-state index contributed by atoms with van der Waals surface area (Å²) in [6, 6.07) is 0. The van der Waals surface area contributed by atoms with Gasteiger partial charge in [-0.15, -0.1) is 0 Å². The van der Waals surface area contributed by atoms with Gasteiger partial charge in [-0.25, -0.2) is 0 Å². The normalized spacial score (nSPS) is 10.6. The third-order valence-electron chi connectivity index (χ3n) is 2.50. The van der Waals surface area contributed by atoms with Gasteiger partial charge in [0.05, 0.1) is 12.3 Å². The lowest BCUT2D eigenvalue weighted by Crippen LogP contribution is -2.28. The molecule has 6 nitrogen and oxygen atoms in total. The van der Waals surface area contributed by atoms with E-state index in [1.807, 2.05) is 6.92 Å². The van der Waals surface area contributed by atoms with Gasteiger partial charge in [-0.2, -0.15) is 5.10 Å². The first-order chi connectivity index (χ1) is 8.69. The van der Waals surface area contributed by atoms with Crippen molar-refractivity contribution in [2.24, 2.45) is 0 Å². The van der Waals surface area contributed by atoms with Gasteiger partial charge in [0.2, 0.25) is 0 Å². The summed E-state index contributed by atoms with van der Waals surface area (Å²) in [5.41, 5.74) is 6.40. The first kappa shape index (κ1) is 14.5. The lowest BCUT2D eigenvalue weighted by molar-refractivity contribution is 0.0908. The Labute approximate surface area is 107 Å². The van der Waals surface area contributed by atoms with E-state index in [1.54, 1.807) is 10.9 Å². The molecule has 0 aliphatic heterocycles. The van der Waals surface area contributed by atoms with Gasteiger partial charge >= 0.3 is 0 Å². The van der Waals surface area contributed by atoms with Gasteiger partial charge in [0.1, 0.15) is 0 Å². The largest absolute Gasteiger partial charge is 0.396 e. The molecule has 1 aromatic rings. The number of aromatic nitrogens is 2. The van der Waals surface area contributed by atoms with Crippen molar-refractivity contribution in [1.82, 2.24) is 15.1 Å². The minimum absolute atomic E-state index is 0.251. The summed E-state index contributed by atoms with van der Waals surface area (Å²) in [4.78, 5) is 11.8. The smallest absolute Gasteiger partial charge is 0.274 e. The molecule has 0 spiro atoms. The highest BCUT2D eigenvalue weighted by molar-refractivity contribution is 5.96. The number of unbranched alkanes of at least 4 members (excludes halogenated alkanes) is 1. The topological polar surface area (TPSA) is 82.2 Å². The van der Waals surface area contributed by atoms with E-state index in [0.717, 1.165) is 19.4 Å². The van der Waals surface area contributed by atoms with Crippen molar-refractivity contribution in [2.75, 3.05) is 25.5 Å². The number of carbonyl (C=O) groups is 1. The number of anilines is 1. The minimum atomic E-state index is -0.251. The fraction of sp³-hybridized carbons (Fsp3) is 0.667. The Bertz CT molecular complexity index is 376. The number of carbonyl (C=O) groups excluding carboxylic acids is 1. The van der Waals surface area contributed by atoms with Crippen LogP contribution in [0.2, 0.25) is 0 Å². The second kappa shape index (κ2) is 7.71. The molecule has 0 atom stereocenters. The Balaban J connectivity index is 2.29. The standard InChI is InChI=1S/C12H22N4O2/c1-3-5-7-18-8-6-14-12(17)11-10(13)9-16(4-2)15-11/h9H,3-8,13H2,1-2H3,(H,14,17). The number of nitrogens with one attached hydrogen (secondary N) is 1. The molecule has 18 heavy (non-hydrogen) atoms. The highest BCUT2D eigenvalue weighted by atomic mass is 16.5. The van der Waals surface area contributed by atoms with E-state index >= 15 is 0 Å². The summed E-state index contributed by atoms with van der Waals surface area (Å²) in [6.45, 7) is 6.46. The number of hydrogen-bond donors (Lipinski definition) is 2. The zero-order chi connectivity index (χ0) is 13.4. The molecule has 0 aromatic carbocycles. The zero-order valence-electron chi connectivity index (χ0n) is 11.1. The van der Waals surface area contributed by atoms with Crippen LogP contribution in [-0.2, 0) is 11.3 Å². The fourth-order valence-corrected chi connectivity index (χ4v) is 1.44. The number of nitrogen functional groups attached to an aromatic ring is 1. The number of hydrogen-bond acceptors (Lipinski definition) is 4. The molecule has 6 heteroatoms. The minimum Gasteiger partial charge on any atom is -0.396 e. The monoisotopic (exact) mass is 254 g/mol. The van der Waals surface area contributed by atoms with E-state index in [-0.39, 0.29) is 11.6 Å². The molecule has 1 amide bonds. The molecule has 0 fully saturated rings. The predicted octanol–water partition coefficient (Wildman–Crippen LogP) is 1.03. The summed E-state index contributed by atoms with van der Waals surface area (Å²) >= 11 is 0. The van der Waals surface area contributed by atoms with E-state index in [9.17, 15) is 4.79 Å². The maximum Gasteiger partial charge on any atom is 0.274 e. The lowest BCUT2D eigenvalue weighted by atomic mass is 10.3. The number of nitrogens with two attached hydrogens (primary N) is 1. The van der Waals surface area contributed by atoms with Crippen LogP contribution >= 0.6 is 0 Å². The number of ether oxygens (including phenoxy) is 1. The van der Waals surface area contributed by atoms with E-state index < -0.39 is 0 Å². The Morgan fingerprint density at radius 1 is 1.50 bits per heavy atom. The average molecular weight is 254 g/mol. The molecule has 0 bridgehead atoms. The van der Waals surface area contributed by atoms with Crippen LogP contribution in [0.25, 0.3) is 0 Å². The number of amides is 1. The van der Waals surface area contributed by atoms with Crippen LogP contribution < -0.4 is 11.1 Å². The fourth-order valence-electron chi connectivity index (χ4n) is 1.44. The lowest BCUT2D eigenvalue weighted by Gasteiger charge is -2.05. The van der Waals surface area contributed by atoms with Crippen LogP contribution in [0.1, 0.15) is 37.2 Å². The number of nitrogens with zero attached hydrogens (tertiary/aromatic N) is 2. The van der Waals surface area contributed by atoms with Crippen molar-refractivity contribution in [3.05, 3.63) is 11.9 Å². The molecule has 0 aliphatic carbocycles. The molecule has 0 radical (unpaired) electrons. The van der Waals surface area contributed by atoms with E-state index in [4.69, 9.17) is 10.5 Å². The Morgan fingerprint density at radius 2 is 2.28 bits per heavy atom. The summed E-state index contributed by atoms with van der Waals surface area (Å²) in [7, 11) is 0. The van der Waals surface area contributed by atoms with Gasteiger partial charge < -0.3 is 15.8 Å². The molecule has 0 saturated carbocycles. The second-order valence-electron chi connectivity index (χ2n) is 4.01. The van der Waals surface area contributed by atoms with Crippen LogP contribution in [-0.4, -0.2) is 35.4 Å². The van der Waals surface area contributed by atoms with Gasteiger partial charge in [0, 0.05) is 25.9 Å². The van der Waals surface area contributed by atoms with Crippen LogP contribution in [0.15, 0.2) is 6.20 Å². The molecular formula is C12H22N4O2. The number of aryl methyl sites for hydroxylation is 1. The highest BCUT2D eigenvalue weighted by Gasteiger charge is 2.13. The van der Waals surface area contributed by atoms with E-state index in [2.05, 4.69) is 17.3 Å². The molecule has 0 saturated heterocycles. The third-order valence-corrected chi connectivity index (χ3v) is 2.50. The molecule has 102 valence electrons. The Hall–Kier alpha value is -1.56. The first-order valence-corrected chi connectivity index (χ1v) is 6.37. The van der Waals surface area contributed by atoms with Crippen LogP contribution in [0.4, 0.5) is 5.69 Å². The third kappa shape index (κ3) is 4.37. The van der Waals surface area contributed by atoms with Crippen molar-refractivity contribution in [2.45, 2.75) is 33.2 Å². The van der Waals surface area contributed by atoms with Gasteiger partial charge in [0.15, 0.2) is 5.69 Å². The van der Waals surface area contributed by atoms with Crippen molar-refractivity contribution >= 4 is 11.6 Å². The van der Waals surface area contributed by atoms with Crippen LogP contribution in [0, 0.1) is 0 Å². The molecule has 0 unspecified atom stereocenters. The van der Waals surface area contributed by atoms with E-state index in [0.29, 0.717) is 25.4 Å². The van der Waals surface area contributed by atoms with Gasteiger partial charge in [-0.3, -0.25) is 9.48 Å². The van der Waals surface area contributed by atoms with Crippen molar-refractivity contribution in [3.63, 3.8) is 0 Å². The van der Waals surface area contributed by atoms with Crippen molar-refractivity contribution in [1.29, 1.82) is 0 Å². The van der Waals surface area contributed by atoms with Gasteiger partial charge in [-0.1, -0.05) is 13.3 Å². The van der Waals surface area contributed by atoms with Crippen LogP contribution in [0.3, 0.4) is 0 Å². The molecular weight excluding hydrogens is 232 g/mol. The van der Waals surface area contributed by atoms with Gasteiger partial charge in [-0.05, 0) is 13.3 Å². The Kier molecular flexibility index (Phi) is 6.21. The SMILES string of the molecule is CCCCOCCNC(=O)c1nn(CC)cc1N. The quantitative estimate of drug-likeness (QED) is 0.679. The maximum atomic E-state index is 11.8. The number of rotatable bonds is 8. The van der Waals surface area contributed by atoms with Crippen molar-refractivity contribution in [3.8, 4) is 0 Å². The molecule has 1 rings (SSSR count). The van der Waals surface area contributed by atoms with Gasteiger partial charge in [0.25, 0.3) is 5.91 Å². The van der Waals surface area contributed by atoms with E-state index in [1.165, 1.54) is 0 Å². The second-order valence-corrected chi connectivity index (χ2v) is 4.01. The summed E-state index contributed by atoms with van der Waals surface area (Å²) in [5.74, 6) is -0.251. The zero-order valence-corrected chi connectivity index (χ0v) is 11.1. The summed E-state index contributed by atoms with van der Waals surface area (Å²) in [5, 5.41) is 6.83. The van der Waals surface area contributed by atoms with Crippen molar-refractivity contribution < 1.29 is 9.53 Å². The molecule has 1 heterocycles. The molecule has 0 aliphatic rings. The predicted molar refractivity (Wildman–Crippen MR) is 70.4 cm³/mol. The maximum absolute atomic E-state index is 11.8.